The Kier molecular flexibility index (Phi) is 26.4. The van der Waals surface area contributed by atoms with Gasteiger partial charge in [-0.3, -0.25) is 0 Å². The molecule has 0 bridgehead atoms. The van der Waals surface area contributed by atoms with Crippen molar-refractivity contribution in [3.05, 3.63) is 0 Å². The second-order valence-electron chi connectivity index (χ2n) is 8.81. The molecule has 4 amide bonds. The fourth-order valence-electron chi connectivity index (χ4n) is 3.30. The van der Waals surface area contributed by atoms with Crippen LogP contribution in [0.25, 0.3) is 0 Å². The highest BCUT2D eigenvalue weighted by atomic mass is 16.2. The number of carbonyl (C=O) groups excluding carboxylic acids is 2. The lowest BCUT2D eigenvalue weighted by Gasteiger charge is -2.15. The first-order chi connectivity index (χ1) is 15.5. The van der Waals surface area contributed by atoms with Crippen LogP contribution in [-0.2, 0) is 0 Å². The van der Waals surface area contributed by atoms with Gasteiger partial charge in [0.05, 0.1) is 0 Å². The molecule has 0 aromatic rings. The number of carbonyl (C=O) groups is 2. The molecule has 6 heteroatoms. The zero-order valence-corrected chi connectivity index (χ0v) is 22.3. The summed E-state index contributed by atoms with van der Waals surface area (Å²) in [6, 6.07) is -0.0251. The molecular formula is C26H56N4O2. The molecule has 2 unspecified atom stereocenters. The van der Waals surface area contributed by atoms with Gasteiger partial charge in [0.15, 0.2) is 0 Å². The van der Waals surface area contributed by atoms with Gasteiger partial charge in [-0.05, 0) is 37.5 Å². The molecule has 0 saturated heterocycles. The van der Waals surface area contributed by atoms with Crippen LogP contribution >= 0.6 is 0 Å². The molecule has 0 rings (SSSR count). The summed E-state index contributed by atoms with van der Waals surface area (Å²) in [6.07, 6.45) is 14.2. The van der Waals surface area contributed by atoms with Crippen molar-refractivity contribution in [3.8, 4) is 0 Å². The van der Waals surface area contributed by atoms with E-state index < -0.39 is 0 Å². The van der Waals surface area contributed by atoms with Crippen LogP contribution in [-0.4, -0.2) is 38.2 Å². The minimum absolute atomic E-state index is 0.00366. The lowest BCUT2D eigenvalue weighted by atomic mass is 9.99. The highest BCUT2D eigenvalue weighted by molar-refractivity contribution is 5.74. The van der Waals surface area contributed by atoms with E-state index in [9.17, 15) is 9.59 Å². The Bertz CT molecular complexity index is 419. The summed E-state index contributed by atoms with van der Waals surface area (Å²) < 4.78 is 0. The number of urea groups is 2. The highest BCUT2D eigenvalue weighted by Crippen LogP contribution is 2.11. The van der Waals surface area contributed by atoms with E-state index in [1.165, 1.54) is 51.4 Å². The van der Waals surface area contributed by atoms with Crippen LogP contribution in [0.1, 0.15) is 119 Å². The smallest absolute Gasteiger partial charge is 0.314 e. The molecular weight excluding hydrogens is 400 g/mol. The molecule has 0 radical (unpaired) electrons. The van der Waals surface area contributed by atoms with E-state index in [0.717, 1.165) is 51.9 Å². The maximum Gasteiger partial charge on any atom is 0.314 e. The Balaban J connectivity index is 0. The third-order valence-corrected chi connectivity index (χ3v) is 5.79. The molecule has 0 aromatic carbocycles. The van der Waals surface area contributed by atoms with Crippen molar-refractivity contribution in [2.45, 2.75) is 119 Å². The minimum atomic E-state index is -0.0215. The lowest BCUT2D eigenvalue weighted by Crippen LogP contribution is -2.38. The molecule has 2 atom stereocenters. The highest BCUT2D eigenvalue weighted by Gasteiger charge is 2.08. The van der Waals surface area contributed by atoms with Gasteiger partial charge in [0.2, 0.25) is 0 Å². The molecule has 0 aliphatic carbocycles. The molecule has 0 aromatic heterocycles. The van der Waals surface area contributed by atoms with Gasteiger partial charge >= 0.3 is 12.1 Å². The van der Waals surface area contributed by atoms with Gasteiger partial charge in [-0.1, -0.05) is 92.9 Å². The minimum Gasteiger partial charge on any atom is -0.338 e. The van der Waals surface area contributed by atoms with E-state index in [1.807, 2.05) is 0 Å². The summed E-state index contributed by atoms with van der Waals surface area (Å²) >= 11 is 0. The van der Waals surface area contributed by atoms with E-state index in [1.54, 1.807) is 0 Å². The van der Waals surface area contributed by atoms with Gasteiger partial charge in [0.1, 0.15) is 0 Å². The van der Waals surface area contributed by atoms with E-state index in [-0.39, 0.29) is 12.1 Å². The second kappa shape index (κ2) is 25.8. The summed E-state index contributed by atoms with van der Waals surface area (Å²) in [6.45, 7) is 16.2. The fourth-order valence-corrected chi connectivity index (χ4v) is 3.30. The van der Waals surface area contributed by atoms with Crippen molar-refractivity contribution in [3.63, 3.8) is 0 Å². The third-order valence-electron chi connectivity index (χ3n) is 5.79. The van der Waals surface area contributed by atoms with E-state index >= 15 is 0 Å². The second-order valence-corrected chi connectivity index (χ2v) is 8.81. The molecule has 192 valence electrons. The Labute approximate surface area is 199 Å². The summed E-state index contributed by atoms with van der Waals surface area (Å²) in [5.41, 5.74) is 0. The Morgan fingerprint density at radius 2 is 0.969 bits per heavy atom. The molecule has 6 nitrogen and oxygen atoms in total. The monoisotopic (exact) mass is 456 g/mol. The summed E-state index contributed by atoms with van der Waals surface area (Å²) in [5, 5.41) is 11.6. The van der Waals surface area contributed by atoms with Crippen LogP contribution in [0.5, 0.6) is 0 Å². The molecule has 0 fully saturated rings. The average Bonchev–Trinajstić information content (AvgIpc) is 2.81. The predicted octanol–water partition coefficient (Wildman–Crippen LogP) is 6.60. The molecule has 0 aliphatic rings. The SMILES string of the molecule is CCCCC(CC)CNC(=O)NCCC.CCCCCNC(=O)NCC(CC)CCCC. The van der Waals surface area contributed by atoms with Gasteiger partial charge < -0.3 is 21.3 Å². The van der Waals surface area contributed by atoms with Gasteiger partial charge in [0, 0.05) is 26.2 Å². The zero-order valence-electron chi connectivity index (χ0n) is 22.3. The van der Waals surface area contributed by atoms with Crippen molar-refractivity contribution in [2.75, 3.05) is 26.2 Å². The first kappa shape index (κ1) is 32.7. The standard InChI is InChI=1S/C14H30N2O.C12H26N2O/c1-4-7-9-11-15-14(17)16-12-13(6-3)10-8-5-2;1-4-7-8-11(6-3)10-14-12(15)13-9-5-2/h13H,4-12H2,1-3H3,(H2,15,16,17);11H,4-10H2,1-3H3,(H2,13,14,15). The summed E-state index contributed by atoms with van der Waals surface area (Å²) in [5.74, 6) is 1.27. The van der Waals surface area contributed by atoms with Crippen LogP contribution in [0.2, 0.25) is 0 Å². The van der Waals surface area contributed by atoms with Crippen molar-refractivity contribution < 1.29 is 9.59 Å². The topological polar surface area (TPSA) is 82.3 Å². The van der Waals surface area contributed by atoms with E-state index in [0.29, 0.717) is 11.8 Å². The van der Waals surface area contributed by atoms with Gasteiger partial charge in [-0.15, -0.1) is 0 Å². The quantitative estimate of drug-likeness (QED) is 0.175. The fraction of sp³-hybridized carbons (Fsp3) is 0.923. The zero-order chi connectivity index (χ0) is 24.5. The maximum absolute atomic E-state index is 11.5. The van der Waals surface area contributed by atoms with Crippen LogP contribution < -0.4 is 21.3 Å². The summed E-state index contributed by atoms with van der Waals surface area (Å²) in [4.78, 5) is 22.8. The van der Waals surface area contributed by atoms with Gasteiger partial charge in [-0.25, -0.2) is 9.59 Å². The first-order valence-corrected chi connectivity index (χ1v) is 13.5. The van der Waals surface area contributed by atoms with Crippen molar-refractivity contribution >= 4 is 12.1 Å². The predicted molar refractivity (Wildman–Crippen MR) is 139 cm³/mol. The number of amides is 4. The normalized spacial score (nSPS) is 12.2. The average molecular weight is 457 g/mol. The van der Waals surface area contributed by atoms with Crippen LogP contribution in [0, 0.1) is 11.8 Å². The molecule has 0 aliphatic heterocycles. The largest absolute Gasteiger partial charge is 0.338 e. The Hall–Kier alpha value is -1.46. The van der Waals surface area contributed by atoms with Crippen molar-refractivity contribution in [1.29, 1.82) is 0 Å². The maximum atomic E-state index is 11.5. The Morgan fingerprint density at radius 1 is 0.531 bits per heavy atom. The van der Waals surface area contributed by atoms with Crippen molar-refractivity contribution in [2.24, 2.45) is 11.8 Å². The number of unbranched alkanes of at least 4 members (excludes halogenated alkanes) is 4. The number of rotatable bonds is 18. The van der Waals surface area contributed by atoms with Crippen LogP contribution in [0.4, 0.5) is 9.59 Å². The Morgan fingerprint density at radius 3 is 1.34 bits per heavy atom. The molecule has 0 saturated carbocycles. The molecule has 32 heavy (non-hydrogen) atoms. The third kappa shape index (κ3) is 23.2. The number of hydrogen-bond donors (Lipinski definition) is 4. The van der Waals surface area contributed by atoms with Crippen LogP contribution in [0.3, 0.4) is 0 Å². The van der Waals surface area contributed by atoms with Gasteiger partial charge in [-0.2, -0.15) is 0 Å². The number of nitrogens with one attached hydrogen (secondary N) is 4. The lowest BCUT2D eigenvalue weighted by molar-refractivity contribution is 0.237. The van der Waals surface area contributed by atoms with Gasteiger partial charge in [0.25, 0.3) is 0 Å². The van der Waals surface area contributed by atoms with E-state index in [4.69, 9.17) is 0 Å². The first-order valence-electron chi connectivity index (χ1n) is 13.5. The summed E-state index contributed by atoms with van der Waals surface area (Å²) in [7, 11) is 0. The molecule has 0 spiro atoms. The molecule has 0 heterocycles. The van der Waals surface area contributed by atoms with Crippen LogP contribution in [0.15, 0.2) is 0 Å². The molecule has 4 N–H and O–H groups in total. The van der Waals surface area contributed by atoms with Crippen molar-refractivity contribution in [1.82, 2.24) is 21.3 Å². The number of hydrogen-bond acceptors (Lipinski definition) is 2. The van der Waals surface area contributed by atoms with E-state index in [2.05, 4.69) is 62.8 Å².